The van der Waals surface area contributed by atoms with Gasteiger partial charge in [0.05, 0.1) is 0 Å². The largest absolute Gasteiger partial charge is 0.508 e. The van der Waals surface area contributed by atoms with Crippen molar-refractivity contribution in [1.82, 2.24) is 0 Å². The summed E-state index contributed by atoms with van der Waals surface area (Å²) in [6.45, 7) is 2.08. The molecule has 0 aromatic heterocycles. The standard InChI is InChI=1S/C27H21NO2/c1-18-2-8-23(9-3-18)28(24-10-4-19-6-12-26(29)16-21(19)14-24)25-11-5-20-7-13-27(30)17-22(20)15-25/h2-17,29-30H,1H3. The summed E-state index contributed by atoms with van der Waals surface area (Å²) in [7, 11) is 0. The smallest absolute Gasteiger partial charge is 0.116 e. The normalized spacial score (nSPS) is 11.1. The van der Waals surface area contributed by atoms with Gasteiger partial charge in [-0.15, -0.1) is 0 Å². The zero-order valence-electron chi connectivity index (χ0n) is 16.6. The number of anilines is 3. The van der Waals surface area contributed by atoms with Gasteiger partial charge in [-0.3, -0.25) is 0 Å². The molecule has 3 nitrogen and oxygen atoms in total. The van der Waals surface area contributed by atoms with Crippen LogP contribution in [0.5, 0.6) is 11.5 Å². The summed E-state index contributed by atoms with van der Waals surface area (Å²) in [6.07, 6.45) is 0. The molecule has 0 fully saturated rings. The molecule has 5 aromatic rings. The fourth-order valence-corrected chi connectivity index (χ4v) is 3.86. The molecule has 0 amide bonds. The van der Waals surface area contributed by atoms with Crippen molar-refractivity contribution < 1.29 is 10.2 Å². The first-order valence-corrected chi connectivity index (χ1v) is 9.89. The number of phenols is 2. The highest BCUT2D eigenvalue weighted by molar-refractivity contribution is 5.93. The lowest BCUT2D eigenvalue weighted by molar-refractivity contribution is 0.475. The number of benzene rings is 5. The number of nitrogens with zero attached hydrogens (tertiary/aromatic N) is 1. The van der Waals surface area contributed by atoms with Crippen LogP contribution in [0.25, 0.3) is 21.5 Å². The van der Waals surface area contributed by atoms with Crippen molar-refractivity contribution in [2.75, 3.05) is 4.90 Å². The molecule has 0 aliphatic rings. The van der Waals surface area contributed by atoms with Crippen molar-refractivity contribution in [3.63, 3.8) is 0 Å². The third-order valence-electron chi connectivity index (χ3n) is 5.42. The van der Waals surface area contributed by atoms with Crippen molar-refractivity contribution in [2.24, 2.45) is 0 Å². The van der Waals surface area contributed by atoms with Gasteiger partial charge in [-0.1, -0.05) is 42.0 Å². The molecule has 0 saturated heterocycles. The van der Waals surface area contributed by atoms with E-state index < -0.39 is 0 Å². The van der Waals surface area contributed by atoms with E-state index in [-0.39, 0.29) is 11.5 Å². The van der Waals surface area contributed by atoms with Crippen LogP contribution in [0.15, 0.2) is 97.1 Å². The minimum Gasteiger partial charge on any atom is -0.508 e. The molecular weight excluding hydrogens is 370 g/mol. The molecule has 0 spiro atoms. The lowest BCUT2D eigenvalue weighted by Gasteiger charge is -2.26. The van der Waals surface area contributed by atoms with Gasteiger partial charge in [-0.2, -0.15) is 0 Å². The van der Waals surface area contributed by atoms with Crippen LogP contribution in [0.4, 0.5) is 17.1 Å². The van der Waals surface area contributed by atoms with E-state index >= 15 is 0 Å². The second-order valence-electron chi connectivity index (χ2n) is 7.60. The molecule has 30 heavy (non-hydrogen) atoms. The first-order chi connectivity index (χ1) is 14.6. The second kappa shape index (κ2) is 7.12. The van der Waals surface area contributed by atoms with E-state index in [1.54, 1.807) is 24.3 Å². The summed E-state index contributed by atoms with van der Waals surface area (Å²) >= 11 is 0. The lowest BCUT2D eigenvalue weighted by atomic mass is 10.1. The van der Waals surface area contributed by atoms with Gasteiger partial charge >= 0.3 is 0 Å². The molecule has 5 aromatic carbocycles. The first kappa shape index (κ1) is 18.1. The summed E-state index contributed by atoms with van der Waals surface area (Å²) in [5.74, 6) is 0.505. The molecule has 2 N–H and O–H groups in total. The lowest BCUT2D eigenvalue weighted by Crippen LogP contribution is -2.09. The fraction of sp³-hybridized carbons (Fsp3) is 0.0370. The second-order valence-corrected chi connectivity index (χ2v) is 7.60. The zero-order valence-corrected chi connectivity index (χ0v) is 16.6. The molecule has 0 heterocycles. The van der Waals surface area contributed by atoms with Crippen LogP contribution >= 0.6 is 0 Å². The van der Waals surface area contributed by atoms with E-state index in [9.17, 15) is 10.2 Å². The Morgan fingerprint density at radius 2 is 0.900 bits per heavy atom. The van der Waals surface area contributed by atoms with Gasteiger partial charge < -0.3 is 15.1 Å². The van der Waals surface area contributed by atoms with Gasteiger partial charge in [0.15, 0.2) is 0 Å². The summed E-state index contributed by atoms with van der Waals surface area (Å²) < 4.78 is 0. The molecule has 146 valence electrons. The highest BCUT2D eigenvalue weighted by Gasteiger charge is 2.14. The highest BCUT2D eigenvalue weighted by atomic mass is 16.3. The van der Waals surface area contributed by atoms with Gasteiger partial charge in [0.2, 0.25) is 0 Å². The van der Waals surface area contributed by atoms with Crippen LogP contribution in [-0.4, -0.2) is 10.2 Å². The summed E-state index contributed by atoms with van der Waals surface area (Å²) in [5, 5.41) is 24.0. The van der Waals surface area contributed by atoms with E-state index in [2.05, 4.69) is 72.5 Å². The highest BCUT2D eigenvalue weighted by Crippen LogP contribution is 2.38. The quantitative estimate of drug-likeness (QED) is 0.342. The molecule has 0 aliphatic carbocycles. The molecule has 0 radical (unpaired) electrons. The van der Waals surface area contributed by atoms with Crippen LogP contribution in [0, 0.1) is 6.92 Å². The van der Waals surface area contributed by atoms with Crippen LogP contribution in [0.2, 0.25) is 0 Å². The van der Waals surface area contributed by atoms with E-state index in [0.717, 1.165) is 38.6 Å². The Morgan fingerprint density at radius 1 is 0.467 bits per heavy atom. The summed E-state index contributed by atoms with van der Waals surface area (Å²) in [6, 6.07) is 31.7. The number of hydrogen-bond acceptors (Lipinski definition) is 3. The van der Waals surface area contributed by atoms with E-state index in [1.165, 1.54) is 5.56 Å². The maximum atomic E-state index is 9.93. The molecular formula is C27H21NO2. The van der Waals surface area contributed by atoms with Crippen molar-refractivity contribution in [2.45, 2.75) is 6.92 Å². The van der Waals surface area contributed by atoms with Gasteiger partial charge in [-0.05, 0) is 89.1 Å². The predicted molar refractivity (Wildman–Crippen MR) is 124 cm³/mol. The predicted octanol–water partition coefficient (Wildman–Crippen LogP) is 7.18. The number of hydrogen-bond donors (Lipinski definition) is 2. The number of aryl methyl sites for hydroxylation is 1. The monoisotopic (exact) mass is 391 g/mol. The van der Waals surface area contributed by atoms with E-state index in [0.29, 0.717) is 0 Å². The third kappa shape index (κ3) is 3.31. The SMILES string of the molecule is Cc1ccc(N(c2ccc3ccc(O)cc3c2)c2ccc3ccc(O)cc3c2)cc1. The van der Waals surface area contributed by atoms with Gasteiger partial charge in [0.25, 0.3) is 0 Å². The molecule has 0 aliphatic heterocycles. The van der Waals surface area contributed by atoms with Crippen LogP contribution < -0.4 is 4.90 Å². The minimum absolute atomic E-state index is 0.253. The van der Waals surface area contributed by atoms with Crippen LogP contribution in [0.3, 0.4) is 0 Å². The van der Waals surface area contributed by atoms with Gasteiger partial charge in [0, 0.05) is 17.1 Å². The first-order valence-electron chi connectivity index (χ1n) is 9.89. The Hall–Kier alpha value is -3.98. The Labute approximate surface area is 175 Å². The Bertz CT molecular complexity index is 1290. The summed E-state index contributed by atoms with van der Waals surface area (Å²) in [5.41, 5.74) is 4.23. The molecule has 0 unspecified atom stereocenters. The van der Waals surface area contributed by atoms with Gasteiger partial charge in [-0.25, -0.2) is 0 Å². The molecule has 5 rings (SSSR count). The van der Waals surface area contributed by atoms with Crippen molar-refractivity contribution in [3.8, 4) is 11.5 Å². The van der Waals surface area contributed by atoms with Crippen molar-refractivity contribution in [3.05, 3.63) is 103 Å². The van der Waals surface area contributed by atoms with Crippen molar-refractivity contribution in [1.29, 1.82) is 0 Å². The fourth-order valence-electron chi connectivity index (χ4n) is 3.86. The summed E-state index contributed by atoms with van der Waals surface area (Å²) in [4.78, 5) is 2.19. The Kier molecular flexibility index (Phi) is 4.29. The molecule has 0 bridgehead atoms. The van der Waals surface area contributed by atoms with Crippen molar-refractivity contribution >= 4 is 38.6 Å². The molecule has 0 saturated carbocycles. The van der Waals surface area contributed by atoms with E-state index in [4.69, 9.17) is 0 Å². The van der Waals surface area contributed by atoms with Gasteiger partial charge in [0.1, 0.15) is 11.5 Å². The average Bonchev–Trinajstić information content (AvgIpc) is 2.75. The average molecular weight is 391 g/mol. The molecule has 3 heteroatoms. The Morgan fingerprint density at radius 3 is 1.40 bits per heavy atom. The number of rotatable bonds is 3. The number of fused-ring (bicyclic) bond motifs is 2. The topological polar surface area (TPSA) is 43.7 Å². The molecule has 0 atom stereocenters. The maximum absolute atomic E-state index is 9.93. The number of phenolic OH excluding ortho intramolecular Hbond substituents is 2. The van der Waals surface area contributed by atoms with Crippen LogP contribution in [0.1, 0.15) is 5.56 Å². The van der Waals surface area contributed by atoms with E-state index in [1.807, 2.05) is 12.1 Å². The zero-order chi connectivity index (χ0) is 20.7. The van der Waals surface area contributed by atoms with Crippen LogP contribution in [-0.2, 0) is 0 Å². The maximum Gasteiger partial charge on any atom is 0.116 e. The minimum atomic E-state index is 0.253. The third-order valence-corrected chi connectivity index (χ3v) is 5.42. The number of aromatic hydroxyl groups is 2. The Balaban J connectivity index is 1.72.